The summed E-state index contributed by atoms with van der Waals surface area (Å²) in [4.78, 5) is 1.52. The Morgan fingerprint density at radius 2 is 2.00 bits per heavy atom. The fourth-order valence-electron chi connectivity index (χ4n) is 3.39. The number of hydrogen-bond acceptors (Lipinski definition) is 1. The van der Waals surface area contributed by atoms with Crippen LogP contribution in [0.25, 0.3) is 0 Å². The number of hydrogen-bond donors (Lipinski definition) is 0. The molecule has 19 heavy (non-hydrogen) atoms. The van der Waals surface area contributed by atoms with Gasteiger partial charge >= 0.3 is 0 Å². The molecule has 108 valence electrons. The molecule has 1 fully saturated rings. The van der Waals surface area contributed by atoms with Gasteiger partial charge in [-0.3, -0.25) is 0 Å². The van der Waals surface area contributed by atoms with E-state index >= 15 is 0 Å². The first kappa shape index (κ1) is 15.4. The van der Waals surface area contributed by atoms with Crippen LogP contribution in [0.3, 0.4) is 0 Å². The summed E-state index contributed by atoms with van der Waals surface area (Å²) < 4.78 is 0. The molecule has 0 amide bonds. The number of rotatable bonds is 4. The van der Waals surface area contributed by atoms with Crippen molar-refractivity contribution in [1.82, 2.24) is 0 Å². The Morgan fingerprint density at radius 1 is 1.32 bits per heavy atom. The van der Waals surface area contributed by atoms with E-state index in [2.05, 4.69) is 38.3 Å². The Morgan fingerprint density at radius 3 is 2.47 bits per heavy atom. The lowest BCUT2D eigenvalue weighted by Gasteiger charge is -2.43. The molecule has 0 radical (unpaired) electrons. The van der Waals surface area contributed by atoms with Crippen molar-refractivity contribution in [2.45, 2.75) is 59.3 Å². The number of aryl methyl sites for hydroxylation is 1. The molecule has 1 saturated carbocycles. The van der Waals surface area contributed by atoms with Gasteiger partial charge in [-0.15, -0.1) is 22.9 Å². The third-order valence-corrected chi connectivity index (χ3v) is 6.54. The van der Waals surface area contributed by atoms with E-state index < -0.39 is 0 Å². The second-order valence-electron chi connectivity index (χ2n) is 7.35. The van der Waals surface area contributed by atoms with Gasteiger partial charge in [-0.2, -0.15) is 0 Å². The smallest absolute Gasteiger partial charge is 0.0280 e. The first-order chi connectivity index (χ1) is 8.95. The minimum absolute atomic E-state index is 0.410. The molecule has 1 aliphatic carbocycles. The summed E-state index contributed by atoms with van der Waals surface area (Å²) in [5, 5.41) is 2.18. The van der Waals surface area contributed by atoms with Crippen LogP contribution in [0.1, 0.15) is 57.8 Å². The summed E-state index contributed by atoms with van der Waals surface area (Å²) in [7, 11) is 0. The molecule has 2 rings (SSSR count). The second kappa shape index (κ2) is 6.18. The fourth-order valence-corrected chi connectivity index (χ4v) is 4.50. The largest absolute Gasteiger partial charge is 0.149 e. The van der Waals surface area contributed by atoms with Crippen molar-refractivity contribution in [3.63, 3.8) is 0 Å². The van der Waals surface area contributed by atoms with Crippen molar-refractivity contribution < 1.29 is 0 Å². The average molecular weight is 299 g/mol. The maximum atomic E-state index is 6.34. The Balaban J connectivity index is 1.90. The van der Waals surface area contributed by atoms with Crippen LogP contribution < -0.4 is 0 Å². The van der Waals surface area contributed by atoms with Gasteiger partial charge in [0.05, 0.1) is 0 Å². The second-order valence-corrected chi connectivity index (χ2v) is 8.65. The van der Waals surface area contributed by atoms with E-state index in [0.717, 1.165) is 11.8 Å². The molecule has 0 N–H and O–H groups in total. The maximum Gasteiger partial charge on any atom is 0.0280 e. The van der Waals surface area contributed by atoms with Crippen LogP contribution in [-0.2, 0) is 6.42 Å². The Kier molecular flexibility index (Phi) is 5.00. The molecule has 0 nitrogen and oxygen atoms in total. The summed E-state index contributed by atoms with van der Waals surface area (Å²) in [6.45, 7) is 7.16. The third-order valence-electron chi connectivity index (χ3n) is 5.04. The van der Waals surface area contributed by atoms with Crippen molar-refractivity contribution in [1.29, 1.82) is 0 Å². The summed E-state index contributed by atoms with van der Waals surface area (Å²) >= 11 is 8.23. The lowest BCUT2D eigenvalue weighted by atomic mass is 9.63. The normalized spacial score (nSPS) is 28.5. The zero-order chi connectivity index (χ0) is 13.9. The van der Waals surface area contributed by atoms with E-state index in [1.807, 2.05) is 11.3 Å². The molecule has 0 aromatic carbocycles. The lowest BCUT2D eigenvalue weighted by Crippen LogP contribution is -2.34. The van der Waals surface area contributed by atoms with Crippen molar-refractivity contribution in [2.75, 3.05) is 5.88 Å². The fraction of sp³-hybridized carbons (Fsp3) is 0.765. The molecule has 0 saturated heterocycles. The molecular formula is C17H27ClS. The SMILES string of the molecule is CC(C)(C)C1CCC(CCl)(CCc2cccs2)CC1. The minimum Gasteiger partial charge on any atom is -0.149 e. The van der Waals surface area contributed by atoms with Crippen LogP contribution in [-0.4, -0.2) is 5.88 Å². The quantitative estimate of drug-likeness (QED) is 0.585. The van der Waals surface area contributed by atoms with Gasteiger partial charge in [-0.1, -0.05) is 26.8 Å². The molecule has 1 aromatic rings. The van der Waals surface area contributed by atoms with Gasteiger partial charge in [0, 0.05) is 10.8 Å². The van der Waals surface area contributed by atoms with E-state index in [-0.39, 0.29) is 0 Å². The number of thiophene rings is 1. The van der Waals surface area contributed by atoms with Crippen LogP contribution in [0.5, 0.6) is 0 Å². The van der Waals surface area contributed by atoms with Crippen LogP contribution in [0.15, 0.2) is 17.5 Å². The Labute approximate surface area is 127 Å². The zero-order valence-electron chi connectivity index (χ0n) is 12.5. The number of halogens is 1. The van der Waals surface area contributed by atoms with Crippen LogP contribution in [0.2, 0.25) is 0 Å². The van der Waals surface area contributed by atoms with E-state index in [0.29, 0.717) is 10.8 Å². The van der Waals surface area contributed by atoms with Crippen molar-refractivity contribution in [2.24, 2.45) is 16.7 Å². The summed E-state index contributed by atoms with van der Waals surface area (Å²) in [6.07, 6.45) is 7.85. The molecule has 1 aliphatic rings. The summed E-state index contributed by atoms with van der Waals surface area (Å²) in [6, 6.07) is 4.41. The molecule has 0 aliphatic heterocycles. The zero-order valence-corrected chi connectivity index (χ0v) is 14.1. The Hall–Kier alpha value is -0.0100. The molecule has 2 heteroatoms. The average Bonchev–Trinajstić information content (AvgIpc) is 2.89. The first-order valence-electron chi connectivity index (χ1n) is 7.54. The summed E-state index contributed by atoms with van der Waals surface area (Å²) in [5.41, 5.74) is 0.875. The highest BCUT2D eigenvalue weighted by Gasteiger charge is 2.37. The Bertz CT molecular complexity index is 366. The van der Waals surface area contributed by atoms with Gasteiger partial charge in [-0.05, 0) is 66.7 Å². The standard InChI is InChI=1S/C17H27ClS/c1-16(2,3)14-6-9-17(13-18,10-7-14)11-8-15-5-4-12-19-15/h4-5,12,14H,6-11,13H2,1-3H3. The van der Waals surface area contributed by atoms with Gasteiger partial charge in [-0.25, -0.2) is 0 Å². The van der Waals surface area contributed by atoms with Gasteiger partial charge in [0.1, 0.15) is 0 Å². The van der Waals surface area contributed by atoms with Crippen LogP contribution in [0, 0.1) is 16.7 Å². The van der Waals surface area contributed by atoms with Gasteiger partial charge < -0.3 is 0 Å². The monoisotopic (exact) mass is 298 g/mol. The molecular weight excluding hydrogens is 272 g/mol. The van der Waals surface area contributed by atoms with Gasteiger partial charge in [0.15, 0.2) is 0 Å². The molecule has 0 atom stereocenters. The molecule has 0 bridgehead atoms. The predicted molar refractivity (Wildman–Crippen MR) is 87.2 cm³/mol. The van der Waals surface area contributed by atoms with E-state index in [1.165, 1.54) is 43.4 Å². The highest BCUT2D eigenvalue weighted by molar-refractivity contribution is 7.09. The first-order valence-corrected chi connectivity index (χ1v) is 8.95. The maximum absolute atomic E-state index is 6.34. The summed E-state index contributed by atoms with van der Waals surface area (Å²) in [5.74, 6) is 1.72. The van der Waals surface area contributed by atoms with E-state index in [4.69, 9.17) is 11.6 Å². The van der Waals surface area contributed by atoms with Crippen LogP contribution >= 0.6 is 22.9 Å². The molecule has 1 heterocycles. The van der Waals surface area contributed by atoms with Crippen molar-refractivity contribution in [3.05, 3.63) is 22.4 Å². The highest BCUT2D eigenvalue weighted by atomic mass is 35.5. The van der Waals surface area contributed by atoms with Crippen molar-refractivity contribution >= 4 is 22.9 Å². The molecule has 0 spiro atoms. The molecule has 1 aromatic heterocycles. The van der Waals surface area contributed by atoms with Crippen molar-refractivity contribution in [3.8, 4) is 0 Å². The third kappa shape index (κ3) is 3.98. The van der Waals surface area contributed by atoms with E-state index in [9.17, 15) is 0 Å². The van der Waals surface area contributed by atoms with Gasteiger partial charge in [0.25, 0.3) is 0 Å². The van der Waals surface area contributed by atoms with Gasteiger partial charge in [0.2, 0.25) is 0 Å². The minimum atomic E-state index is 0.410. The van der Waals surface area contributed by atoms with E-state index in [1.54, 1.807) is 0 Å². The molecule has 0 unspecified atom stereocenters. The lowest BCUT2D eigenvalue weighted by molar-refractivity contribution is 0.0961. The number of alkyl halides is 1. The highest BCUT2D eigenvalue weighted by Crippen LogP contribution is 2.48. The van der Waals surface area contributed by atoms with Crippen LogP contribution in [0.4, 0.5) is 0 Å². The topological polar surface area (TPSA) is 0 Å². The predicted octanol–water partition coefficient (Wildman–Crippen LogP) is 6.14.